The van der Waals surface area contributed by atoms with E-state index in [1.807, 2.05) is 0 Å². The Bertz CT molecular complexity index is 448. The Balaban J connectivity index is 2.45. The number of aromatic nitrogens is 2. The molecule has 0 aliphatic rings. The van der Waals surface area contributed by atoms with Crippen molar-refractivity contribution in [3.05, 3.63) is 41.8 Å². The Morgan fingerprint density at radius 3 is 2.60 bits per heavy atom. The van der Waals surface area contributed by atoms with Crippen LogP contribution in [0.2, 0.25) is 0 Å². The van der Waals surface area contributed by atoms with Crippen molar-refractivity contribution in [2.45, 2.75) is 13.0 Å². The number of nitrogens with one attached hydrogen (secondary N) is 1. The van der Waals surface area contributed by atoms with E-state index in [1.165, 1.54) is 12.1 Å². The van der Waals surface area contributed by atoms with Gasteiger partial charge in [0.25, 0.3) is 0 Å². The highest BCUT2D eigenvalue weighted by atomic mass is 19.1. The monoisotopic (exact) mass is 206 g/mol. The van der Waals surface area contributed by atoms with Crippen molar-refractivity contribution in [2.24, 2.45) is 0 Å². The highest BCUT2D eigenvalue weighted by Gasteiger charge is 2.11. The molecule has 0 amide bonds. The first-order chi connectivity index (χ1) is 7.18. The van der Waals surface area contributed by atoms with E-state index in [4.69, 9.17) is 0 Å². The number of H-pyrrole nitrogens is 1. The zero-order chi connectivity index (χ0) is 10.8. The molecule has 15 heavy (non-hydrogen) atoms. The van der Waals surface area contributed by atoms with Crippen LogP contribution in [0.25, 0.3) is 11.3 Å². The number of aliphatic hydroxyl groups is 1. The van der Waals surface area contributed by atoms with Crippen LogP contribution in [-0.2, 0) is 0 Å². The van der Waals surface area contributed by atoms with E-state index in [0.717, 1.165) is 11.3 Å². The summed E-state index contributed by atoms with van der Waals surface area (Å²) in [6.07, 6.45) is 0.979. The van der Waals surface area contributed by atoms with Gasteiger partial charge < -0.3 is 5.11 Å². The summed E-state index contributed by atoms with van der Waals surface area (Å²) in [6, 6.07) is 6.05. The Morgan fingerprint density at radius 2 is 2.00 bits per heavy atom. The van der Waals surface area contributed by atoms with Gasteiger partial charge in [-0.25, -0.2) is 4.39 Å². The van der Waals surface area contributed by atoms with Crippen molar-refractivity contribution in [1.82, 2.24) is 10.2 Å². The van der Waals surface area contributed by atoms with E-state index in [1.54, 1.807) is 25.3 Å². The number of hydrogen-bond donors (Lipinski definition) is 2. The van der Waals surface area contributed by atoms with Crippen molar-refractivity contribution < 1.29 is 9.50 Å². The molecule has 2 aromatic rings. The number of aliphatic hydroxyl groups excluding tert-OH is 1. The molecule has 0 aliphatic heterocycles. The lowest BCUT2D eigenvalue weighted by Gasteiger charge is -2.05. The molecule has 1 atom stereocenters. The van der Waals surface area contributed by atoms with Crippen LogP contribution < -0.4 is 0 Å². The van der Waals surface area contributed by atoms with Crippen molar-refractivity contribution in [2.75, 3.05) is 0 Å². The van der Waals surface area contributed by atoms with Gasteiger partial charge in [-0.3, -0.25) is 5.10 Å². The molecule has 0 aliphatic carbocycles. The van der Waals surface area contributed by atoms with Crippen LogP contribution in [0.3, 0.4) is 0 Å². The Labute approximate surface area is 86.6 Å². The lowest BCUT2D eigenvalue weighted by molar-refractivity contribution is 0.200. The minimum absolute atomic E-state index is 0.281. The Kier molecular flexibility index (Phi) is 2.51. The molecule has 1 aromatic heterocycles. The molecule has 1 heterocycles. The van der Waals surface area contributed by atoms with Crippen LogP contribution in [0.4, 0.5) is 4.39 Å². The number of benzene rings is 1. The molecule has 0 spiro atoms. The fraction of sp³-hybridized carbons (Fsp3) is 0.182. The van der Waals surface area contributed by atoms with E-state index < -0.39 is 6.10 Å². The molecular weight excluding hydrogens is 195 g/mol. The summed E-state index contributed by atoms with van der Waals surface area (Å²) >= 11 is 0. The second-order valence-electron chi connectivity index (χ2n) is 3.38. The molecule has 3 nitrogen and oxygen atoms in total. The van der Waals surface area contributed by atoms with Crippen LogP contribution in [-0.4, -0.2) is 15.3 Å². The summed E-state index contributed by atoms with van der Waals surface area (Å²) in [4.78, 5) is 0. The first-order valence-corrected chi connectivity index (χ1v) is 4.66. The van der Waals surface area contributed by atoms with Crippen LogP contribution in [0.5, 0.6) is 0 Å². The molecule has 2 N–H and O–H groups in total. The molecule has 0 saturated heterocycles. The molecule has 0 bridgehead atoms. The van der Waals surface area contributed by atoms with Gasteiger partial charge >= 0.3 is 0 Å². The Hall–Kier alpha value is -1.68. The maximum Gasteiger partial charge on any atom is 0.123 e. The number of halogens is 1. The van der Waals surface area contributed by atoms with E-state index in [9.17, 15) is 9.50 Å². The zero-order valence-electron chi connectivity index (χ0n) is 8.24. The van der Waals surface area contributed by atoms with Gasteiger partial charge in [0.2, 0.25) is 0 Å². The second kappa shape index (κ2) is 3.82. The van der Waals surface area contributed by atoms with Crippen LogP contribution in [0.1, 0.15) is 18.6 Å². The topological polar surface area (TPSA) is 48.9 Å². The van der Waals surface area contributed by atoms with E-state index >= 15 is 0 Å². The average Bonchev–Trinajstić information content (AvgIpc) is 2.67. The van der Waals surface area contributed by atoms with E-state index in [-0.39, 0.29) is 5.82 Å². The summed E-state index contributed by atoms with van der Waals surface area (Å²) in [5.41, 5.74) is 2.25. The lowest BCUT2D eigenvalue weighted by atomic mass is 10.1. The van der Waals surface area contributed by atoms with Crippen molar-refractivity contribution in [3.8, 4) is 11.3 Å². The summed E-state index contributed by atoms with van der Waals surface area (Å²) in [5.74, 6) is -0.281. The molecule has 78 valence electrons. The van der Waals surface area contributed by atoms with Crippen molar-refractivity contribution in [1.29, 1.82) is 0 Å². The summed E-state index contributed by atoms with van der Waals surface area (Å²) in [7, 11) is 0. The summed E-state index contributed by atoms with van der Waals surface area (Å²) < 4.78 is 12.7. The third-order valence-corrected chi connectivity index (χ3v) is 2.25. The molecule has 1 aromatic carbocycles. The van der Waals surface area contributed by atoms with Gasteiger partial charge in [0.1, 0.15) is 5.82 Å². The smallest absolute Gasteiger partial charge is 0.123 e. The SMILES string of the molecule is C[C@H](O)c1cn[nH]c1-c1ccc(F)cc1. The third kappa shape index (κ3) is 1.89. The third-order valence-electron chi connectivity index (χ3n) is 2.25. The predicted octanol–water partition coefficient (Wildman–Crippen LogP) is 2.27. The molecule has 0 radical (unpaired) electrons. The van der Waals surface area contributed by atoms with Gasteiger partial charge in [-0.2, -0.15) is 5.10 Å². The Morgan fingerprint density at radius 1 is 1.33 bits per heavy atom. The van der Waals surface area contributed by atoms with E-state index in [0.29, 0.717) is 5.56 Å². The second-order valence-corrected chi connectivity index (χ2v) is 3.38. The van der Waals surface area contributed by atoms with Gasteiger partial charge in [-0.05, 0) is 31.2 Å². The minimum atomic E-state index is -0.594. The number of hydrogen-bond acceptors (Lipinski definition) is 2. The quantitative estimate of drug-likeness (QED) is 0.791. The zero-order valence-corrected chi connectivity index (χ0v) is 8.24. The van der Waals surface area contributed by atoms with Gasteiger partial charge in [-0.1, -0.05) is 0 Å². The fourth-order valence-corrected chi connectivity index (χ4v) is 1.46. The predicted molar refractivity (Wildman–Crippen MR) is 54.6 cm³/mol. The summed E-state index contributed by atoms with van der Waals surface area (Å²) in [6.45, 7) is 1.66. The van der Waals surface area contributed by atoms with Crippen LogP contribution >= 0.6 is 0 Å². The number of rotatable bonds is 2. The summed E-state index contributed by atoms with van der Waals surface area (Å²) in [5, 5.41) is 16.1. The molecule has 0 fully saturated rings. The number of aromatic amines is 1. The van der Waals surface area contributed by atoms with Crippen molar-refractivity contribution in [3.63, 3.8) is 0 Å². The minimum Gasteiger partial charge on any atom is -0.389 e. The highest BCUT2D eigenvalue weighted by Crippen LogP contribution is 2.25. The first-order valence-electron chi connectivity index (χ1n) is 4.66. The standard InChI is InChI=1S/C11H11FN2O/c1-7(15)10-6-13-14-11(10)8-2-4-9(12)5-3-8/h2-7,15H,1H3,(H,13,14)/t7-/m0/s1. The van der Waals surface area contributed by atoms with Crippen LogP contribution in [0, 0.1) is 5.82 Å². The molecule has 2 rings (SSSR count). The van der Waals surface area contributed by atoms with Crippen molar-refractivity contribution >= 4 is 0 Å². The van der Waals surface area contributed by atoms with E-state index in [2.05, 4.69) is 10.2 Å². The fourth-order valence-electron chi connectivity index (χ4n) is 1.46. The highest BCUT2D eigenvalue weighted by molar-refractivity contribution is 5.62. The maximum absolute atomic E-state index is 12.7. The molecule has 0 unspecified atom stereocenters. The van der Waals surface area contributed by atoms with Crippen LogP contribution in [0.15, 0.2) is 30.5 Å². The average molecular weight is 206 g/mol. The molecule has 4 heteroatoms. The van der Waals surface area contributed by atoms with Gasteiger partial charge in [0.15, 0.2) is 0 Å². The van der Waals surface area contributed by atoms with Gasteiger partial charge in [0, 0.05) is 11.1 Å². The normalized spacial score (nSPS) is 12.7. The lowest BCUT2D eigenvalue weighted by Crippen LogP contribution is -1.92. The first kappa shape index (κ1) is 9.86. The largest absolute Gasteiger partial charge is 0.389 e. The molecular formula is C11H11FN2O. The van der Waals surface area contributed by atoms with Gasteiger partial charge in [-0.15, -0.1) is 0 Å². The maximum atomic E-state index is 12.7. The van der Waals surface area contributed by atoms with Gasteiger partial charge in [0.05, 0.1) is 18.0 Å². The number of nitrogens with zero attached hydrogens (tertiary/aromatic N) is 1. The molecule has 0 saturated carbocycles.